The molecule has 3 heterocycles. The first kappa shape index (κ1) is 19.7. The van der Waals surface area contributed by atoms with E-state index in [1.165, 1.54) is 0 Å². The van der Waals surface area contributed by atoms with Crippen molar-refractivity contribution in [3.8, 4) is 11.6 Å². The molecule has 1 aliphatic rings. The highest BCUT2D eigenvalue weighted by atomic mass is 16.5. The van der Waals surface area contributed by atoms with Crippen LogP contribution in [0.4, 0.5) is 5.82 Å². The van der Waals surface area contributed by atoms with E-state index in [0.29, 0.717) is 49.2 Å². The quantitative estimate of drug-likeness (QED) is 0.461. The van der Waals surface area contributed by atoms with Crippen LogP contribution in [0, 0.1) is 0 Å². The molecule has 0 aliphatic carbocycles. The van der Waals surface area contributed by atoms with Crippen LogP contribution in [0.1, 0.15) is 10.4 Å². The van der Waals surface area contributed by atoms with Crippen LogP contribution < -0.4 is 15.3 Å². The lowest BCUT2D eigenvalue weighted by atomic mass is 10.1. The summed E-state index contributed by atoms with van der Waals surface area (Å²) in [4.78, 5) is 29.0. The van der Waals surface area contributed by atoms with E-state index in [-0.39, 0.29) is 11.5 Å². The first-order valence-corrected chi connectivity index (χ1v) is 10.3. The Morgan fingerprint density at radius 1 is 0.875 bits per heavy atom. The Kier molecular flexibility index (Phi) is 5.25. The molecule has 0 bridgehead atoms. The molecular formula is C24H20N4O4. The van der Waals surface area contributed by atoms with Crippen molar-refractivity contribution in [1.82, 2.24) is 15.1 Å². The number of carbonyl (C=O) groups excluding carboxylic acids is 1. The Balaban J connectivity index is 1.24. The molecule has 32 heavy (non-hydrogen) atoms. The van der Waals surface area contributed by atoms with Gasteiger partial charge in [-0.3, -0.25) is 4.79 Å². The number of amides is 1. The highest BCUT2D eigenvalue weighted by molar-refractivity contribution is 5.96. The number of hydrogen-bond donors (Lipinski definition) is 0. The van der Waals surface area contributed by atoms with Gasteiger partial charge in [0.1, 0.15) is 16.9 Å². The van der Waals surface area contributed by atoms with Gasteiger partial charge in [0, 0.05) is 37.6 Å². The summed E-state index contributed by atoms with van der Waals surface area (Å²) in [6, 6.07) is 21.8. The molecular weight excluding hydrogens is 408 g/mol. The normalized spacial score (nSPS) is 13.9. The van der Waals surface area contributed by atoms with E-state index in [9.17, 15) is 9.59 Å². The molecule has 160 valence electrons. The standard InChI is InChI=1S/C24H20N4O4/c29-23(19-16-17-6-4-5-9-20(17)32-24(19)30)28-14-12-27(13-15-28)21-10-11-22(26-25-21)31-18-7-2-1-3-8-18/h1-11,16H,12-15H2. The number of aromatic nitrogens is 2. The van der Waals surface area contributed by atoms with Crippen molar-refractivity contribution in [2.24, 2.45) is 0 Å². The van der Waals surface area contributed by atoms with Crippen molar-refractivity contribution in [2.75, 3.05) is 31.1 Å². The number of hydrogen-bond acceptors (Lipinski definition) is 7. The SMILES string of the molecule is O=C(c1cc2ccccc2oc1=O)N1CCN(c2ccc(Oc3ccccc3)nn2)CC1. The highest BCUT2D eigenvalue weighted by Crippen LogP contribution is 2.21. The molecule has 1 fully saturated rings. The lowest BCUT2D eigenvalue weighted by Gasteiger charge is -2.35. The molecule has 2 aromatic heterocycles. The maximum Gasteiger partial charge on any atom is 0.349 e. The van der Waals surface area contributed by atoms with Gasteiger partial charge in [0.05, 0.1) is 0 Å². The van der Waals surface area contributed by atoms with E-state index in [0.717, 1.165) is 5.39 Å². The number of fused-ring (bicyclic) bond motifs is 1. The van der Waals surface area contributed by atoms with Gasteiger partial charge in [-0.05, 0) is 30.3 Å². The van der Waals surface area contributed by atoms with E-state index in [1.54, 1.807) is 29.2 Å². The lowest BCUT2D eigenvalue weighted by Crippen LogP contribution is -2.49. The molecule has 0 N–H and O–H groups in total. The van der Waals surface area contributed by atoms with Gasteiger partial charge in [0.15, 0.2) is 5.82 Å². The van der Waals surface area contributed by atoms with Gasteiger partial charge in [0.25, 0.3) is 5.91 Å². The number of piperazine rings is 1. The van der Waals surface area contributed by atoms with Crippen LogP contribution in [0.5, 0.6) is 11.6 Å². The molecule has 4 aromatic rings. The fraction of sp³-hybridized carbons (Fsp3) is 0.167. The van der Waals surface area contributed by atoms with Crippen molar-refractivity contribution in [2.45, 2.75) is 0 Å². The average Bonchev–Trinajstić information content (AvgIpc) is 2.84. The molecule has 0 unspecified atom stereocenters. The molecule has 1 amide bonds. The van der Waals surface area contributed by atoms with Crippen molar-refractivity contribution in [1.29, 1.82) is 0 Å². The van der Waals surface area contributed by atoms with Crippen LogP contribution >= 0.6 is 0 Å². The van der Waals surface area contributed by atoms with E-state index in [1.807, 2.05) is 53.4 Å². The number of ether oxygens (including phenoxy) is 1. The number of para-hydroxylation sites is 2. The lowest BCUT2D eigenvalue weighted by molar-refractivity contribution is 0.0742. The zero-order valence-electron chi connectivity index (χ0n) is 17.2. The Morgan fingerprint density at radius 3 is 2.38 bits per heavy atom. The fourth-order valence-corrected chi connectivity index (χ4v) is 3.67. The predicted octanol–water partition coefficient (Wildman–Crippen LogP) is 3.34. The van der Waals surface area contributed by atoms with Gasteiger partial charge < -0.3 is 19.0 Å². The molecule has 0 atom stereocenters. The Labute approximate surface area is 183 Å². The molecule has 0 radical (unpaired) electrons. The predicted molar refractivity (Wildman–Crippen MR) is 119 cm³/mol. The first-order chi connectivity index (χ1) is 15.7. The van der Waals surface area contributed by atoms with E-state index in [4.69, 9.17) is 9.15 Å². The Bertz CT molecular complexity index is 1300. The smallest absolute Gasteiger partial charge is 0.349 e. The number of nitrogens with zero attached hydrogens (tertiary/aromatic N) is 4. The Hall–Kier alpha value is -4.20. The van der Waals surface area contributed by atoms with E-state index in [2.05, 4.69) is 10.2 Å². The Morgan fingerprint density at radius 2 is 1.62 bits per heavy atom. The molecule has 5 rings (SSSR count). The summed E-state index contributed by atoms with van der Waals surface area (Å²) in [6.45, 7) is 2.10. The van der Waals surface area contributed by atoms with Gasteiger partial charge in [-0.25, -0.2) is 4.79 Å². The zero-order chi connectivity index (χ0) is 21.9. The molecule has 0 saturated carbocycles. The minimum absolute atomic E-state index is 0.0550. The van der Waals surface area contributed by atoms with Crippen LogP contribution in [0.3, 0.4) is 0 Å². The molecule has 8 nitrogen and oxygen atoms in total. The first-order valence-electron chi connectivity index (χ1n) is 10.3. The van der Waals surface area contributed by atoms with Crippen LogP contribution in [0.25, 0.3) is 11.0 Å². The van der Waals surface area contributed by atoms with Gasteiger partial charge in [-0.1, -0.05) is 36.4 Å². The second kappa shape index (κ2) is 8.50. The van der Waals surface area contributed by atoms with Gasteiger partial charge in [0.2, 0.25) is 5.88 Å². The van der Waals surface area contributed by atoms with Crippen molar-refractivity contribution < 1.29 is 13.9 Å². The molecule has 0 spiro atoms. The summed E-state index contributed by atoms with van der Waals surface area (Å²) in [6.07, 6.45) is 0. The summed E-state index contributed by atoms with van der Waals surface area (Å²) in [7, 11) is 0. The van der Waals surface area contributed by atoms with Gasteiger partial charge >= 0.3 is 5.63 Å². The van der Waals surface area contributed by atoms with Crippen molar-refractivity contribution in [3.05, 3.63) is 88.8 Å². The summed E-state index contributed by atoms with van der Waals surface area (Å²) in [5, 5.41) is 9.12. The van der Waals surface area contributed by atoms with E-state index >= 15 is 0 Å². The summed E-state index contributed by atoms with van der Waals surface area (Å²) >= 11 is 0. The molecule has 8 heteroatoms. The maximum absolute atomic E-state index is 12.9. The monoisotopic (exact) mass is 428 g/mol. The molecule has 2 aromatic carbocycles. The fourth-order valence-electron chi connectivity index (χ4n) is 3.67. The van der Waals surface area contributed by atoms with Crippen LogP contribution in [-0.4, -0.2) is 47.2 Å². The zero-order valence-corrected chi connectivity index (χ0v) is 17.2. The van der Waals surface area contributed by atoms with Gasteiger partial charge in [-0.2, -0.15) is 0 Å². The maximum atomic E-state index is 12.9. The summed E-state index contributed by atoms with van der Waals surface area (Å²) in [5.74, 6) is 1.50. The van der Waals surface area contributed by atoms with Crippen LogP contribution in [0.2, 0.25) is 0 Å². The average molecular weight is 428 g/mol. The summed E-state index contributed by atoms with van der Waals surface area (Å²) < 4.78 is 11.0. The largest absolute Gasteiger partial charge is 0.438 e. The van der Waals surface area contributed by atoms with Crippen LogP contribution in [-0.2, 0) is 0 Å². The summed E-state index contributed by atoms with van der Waals surface area (Å²) in [5.41, 5.74) is -0.0903. The van der Waals surface area contributed by atoms with Gasteiger partial charge in [-0.15, -0.1) is 10.2 Å². The highest BCUT2D eigenvalue weighted by Gasteiger charge is 2.25. The number of benzene rings is 2. The number of rotatable bonds is 4. The molecule has 1 aliphatic heterocycles. The second-order valence-electron chi connectivity index (χ2n) is 7.41. The number of carbonyl (C=O) groups is 1. The van der Waals surface area contributed by atoms with Crippen molar-refractivity contribution >= 4 is 22.7 Å². The molecule has 1 saturated heterocycles. The third-order valence-electron chi connectivity index (χ3n) is 5.35. The van der Waals surface area contributed by atoms with Crippen molar-refractivity contribution in [3.63, 3.8) is 0 Å². The third kappa shape index (κ3) is 4.02. The third-order valence-corrected chi connectivity index (χ3v) is 5.35. The van der Waals surface area contributed by atoms with E-state index < -0.39 is 5.63 Å². The minimum atomic E-state index is -0.615. The second-order valence-corrected chi connectivity index (χ2v) is 7.41. The minimum Gasteiger partial charge on any atom is -0.438 e. The topological polar surface area (TPSA) is 88.8 Å². The van der Waals surface area contributed by atoms with Crippen LogP contribution in [0.15, 0.2) is 82.0 Å². The number of anilines is 1.